The smallest absolute Gasteiger partial charge is 0.230 e. The van der Waals surface area contributed by atoms with Gasteiger partial charge in [-0.25, -0.2) is 9.37 Å². The Morgan fingerprint density at radius 3 is 2.74 bits per heavy atom. The van der Waals surface area contributed by atoms with Crippen LogP contribution in [0.1, 0.15) is 5.69 Å². The van der Waals surface area contributed by atoms with Crippen molar-refractivity contribution in [2.75, 3.05) is 5.32 Å². The molecule has 6 heteroatoms. The van der Waals surface area contributed by atoms with Crippen LogP contribution in [0.15, 0.2) is 59.2 Å². The summed E-state index contributed by atoms with van der Waals surface area (Å²) in [5, 5.41) is 2.59. The summed E-state index contributed by atoms with van der Waals surface area (Å²) in [4.78, 5) is 16.3. The Bertz CT molecular complexity index is 834. The lowest BCUT2D eigenvalue weighted by atomic mass is 10.2. The predicted molar refractivity (Wildman–Crippen MR) is 85.7 cm³/mol. The van der Waals surface area contributed by atoms with Crippen molar-refractivity contribution in [2.45, 2.75) is 6.42 Å². The van der Waals surface area contributed by atoms with E-state index in [1.54, 1.807) is 0 Å². The molecule has 0 saturated heterocycles. The molecule has 0 atom stereocenters. The number of rotatable bonds is 4. The van der Waals surface area contributed by atoms with E-state index in [1.165, 1.54) is 24.5 Å². The molecule has 116 valence electrons. The lowest BCUT2D eigenvalue weighted by molar-refractivity contribution is -0.115. The van der Waals surface area contributed by atoms with Crippen LogP contribution in [0.2, 0.25) is 5.02 Å². The number of nitrogens with one attached hydrogen (secondary N) is 1. The molecule has 3 rings (SSSR count). The molecule has 1 heterocycles. The fourth-order valence-corrected chi connectivity index (χ4v) is 2.23. The van der Waals surface area contributed by atoms with Gasteiger partial charge >= 0.3 is 0 Å². The van der Waals surface area contributed by atoms with E-state index in [0.29, 0.717) is 17.3 Å². The Morgan fingerprint density at radius 1 is 1.22 bits per heavy atom. The van der Waals surface area contributed by atoms with E-state index < -0.39 is 5.82 Å². The third-order valence-electron chi connectivity index (χ3n) is 3.12. The van der Waals surface area contributed by atoms with Gasteiger partial charge in [0.25, 0.3) is 0 Å². The zero-order chi connectivity index (χ0) is 16.2. The number of hydrogen-bond donors (Lipinski definition) is 1. The summed E-state index contributed by atoms with van der Waals surface area (Å²) in [6, 6.07) is 13.4. The van der Waals surface area contributed by atoms with Crippen molar-refractivity contribution in [2.24, 2.45) is 0 Å². The highest BCUT2D eigenvalue weighted by Crippen LogP contribution is 2.20. The normalized spacial score (nSPS) is 10.5. The molecule has 0 aliphatic rings. The van der Waals surface area contributed by atoms with Crippen LogP contribution in [0.25, 0.3) is 11.5 Å². The molecule has 0 unspecified atom stereocenters. The molecule has 4 nitrogen and oxygen atoms in total. The molecule has 0 spiro atoms. The van der Waals surface area contributed by atoms with Crippen molar-refractivity contribution in [1.29, 1.82) is 0 Å². The highest BCUT2D eigenvalue weighted by atomic mass is 35.5. The summed E-state index contributed by atoms with van der Waals surface area (Å²) in [5.41, 5.74) is 1.77. The fraction of sp³-hybridized carbons (Fsp3) is 0.0588. The van der Waals surface area contributed by atoms with Gasteiger partial charge in [0.15, 0.2) is 0 Å². The van der Waals surface area contributed by atoms with Crippen LogP contribution in [0.4, 0.5) is 10.1 Å². The van der Waals surface area contributed by atoms with E-state index in [-0.39, 0.29) is 17.4 Å². The molecule has 0 aliphatic heterocycles. The fourth-order valence-electron chi connectivity index (χ4n) is 2.05. The molecule has 0 saturated carbocycles. The molecule has 1 N–H and O–H groups in total. The van der Waals surface area contributed by atoms with Crippen LogP contribution in [-0.4, -0.2) is 10.9 Å². The molecule has 0 radical (unpaired) electrons. The molecule has 0 aliphatic carbocycles. The van der Waals surface area contributed by atoms with Crippen molar-refractivity contribution < 1.29 is 13.6 Å². The van der Waals surface area contributed by atoms with Gasteiger partial charge in [0.1, 0.15) is 12.1 Å². The van der Waals surface area contributed by atoms with Gasteiger partial charge in [0.05, 0.1) is 17.1 Å². The largest absolute Gasteiger partial charge is 0.444 e. The number of amides is 1. The number of hydrogen-bond acceptors (Lipinski definition) is 3. The van der Waals surface area contributed by atoms with Crippen LogP contribution >= 0.6 is 11.6 Å². The molecular formula is C17H12ClFN2O2. The number of oxazole rings is 1. The summed E-state index contributed by atoms with van der Waals surface area (Å²) in [6.07, 6.45) is 1.49. The van der Waals surface area contributed by atoms with Gasteiger partial charge in [0, 0.05) is 11.3 Å². The Hall–Kier alpha value is -2.66. The Kier molecular flexibility index (Phi) is 4.39. The first-order valence-electron chi connectivity index (χ1n) is 6.86. The maximum atomic E-state index is 13.1. The van der Waals surface area contributed by atoms with Crippen LogP contribution in [0.5, 0.6) is 0 Å². The first-order chi connectivity index (χ1) is 11.1. The summed E-state index contributed by atoms with van der Waals surface area (Å²) >= 11 is 5.67. The number of nitrogens with zero attached hydrogens (tertiary/aromatic N) is 1. The second-order valence-electron chi connectivity index (χ2n) is 4.86. The van der Waals surface area contributed by atoms with E-state index in [0.717, 1.165) is 5.56 Å². The number of aromatic nitrogens is 1. The average molecular weight is 331 g/mol. The third kappa shape index (κ3) is 3.76. The van der Waals surface area contributed by atoms with E-state index in [1.807, 2.05) is 30.3 Å². The van der Waals surface area contributed by atoms with Crippen molar-refractivity contribution >= 4 is 23.2 Å². The molecular weight excluding hydrogens is 319 g/mol. The second-order valence-corrected chi connectivity index (χ2v) is 5.27. The lowest BCUT2D eigenvalue weighted by Gasteiger charge is -2.04. The Morgan fingerprint density at radius 2 is 2.00 bits per heavy atom. The monoisotopic (exact) mass is 330 g/mol. The highest BCUT2D eigenvalue weighted by molar-refractivity contribution is 6.31. The van der Waals surface area contributed by atoms with Crippen molar-refractivity contribution in [1.82, 2.24) is 4.98 Å². The predicted octanol–water partition coefficient (Wildman–Crippen LogP) is 4.32. The standard InChI is InChI=1S/C17H12ClFN2O2/c18-14-8-12(6-7-15(14)19)20-16(22)9-13-10-23-17(21-13)11-4-2-1-3-5-11/h1-8,10H,9H2,(H,20,22). The zero-order valence-electron chi connectivity index (χ0n) is 11.9. The van der Waals surface area contributed by atoms with Crippen molar-refractivity contribution in [3.05, 3.63) is 71.3 Å². The number of halogens is 2. The minimum absolute atomic E-state index is 0.0457. The molecule has 1 amide bonds. The molecule has 2 aromatic carbocycles. The van der Waals surface area contributed by atoms with Crippen LogP contribution in [-0.2, 0) is 11.2 Å². The average Bonchev–Trinajstić information content (AvgIpc) is 3.00. The molecule has 0 fully saturated rings. The summed E-state index contributed by atoms with van der Waals surface area (Å²) in [6.45, 7) is 0. The summed E-state index contributed by atoms with van der Waals surface area (Å²) in [7, 11) is 0. The van der Waals surface area contributed by atoms with Gasteiger partial charge in [-0.2, -0.15) is 0 Å². The van der Waals surface area contributed by atoms with E-state index in [9.17, 15) is 9.18 Å². The lowest BCUT2D eigenvalue weighted by Crippen LogP contribution is -2.14. The molecule has 23 heavy (non-hydrogen) atoms. The Labute approximate surface area is 136 Å². The minimum atomic E-state index is -0.534. The topological polar surface area (TPSA) is 55.1 Å². The Balaban J connectivity index is 1.66. The van der Waals surface area contributed by atoms with Gasteiger partial charge in [-0.15, -0.1) is 0 Å². The van der Waals surface area contributed by atoms with Gasteiger partial charge in [-0.3, -0.25) is 4.79 Å². The number of carbonyl (C=O) groups excluding carboxylic acids is 1. The third-order valence-corrected chi connectivity index (χ3v) is 3.41. The first kappa shape index (κ1) is 15.2. The van der Waals surface area contributed by atoms with Gasteiger partial charge in [0.2, 0.25) is 11.8 Å². The maximum absolute atomic E-state index is 13.1. The number of carbonyl (C=O) groups is 1. The van der Waals surface area contributed by atoms with Gasteiger partial charge in [-0.05, 0) is 30.3 Å². The highest BCUT2D eigenvalue weighted by Gasteiger charge is 2.11. The second kappa shape index (κ2) is 6.62. The van der Waals surface area contributed by atoms with Crippen molar-refractivity contribution in [3.8, 4) is 11.5 Å². The quantitative estimate of drug-likeness (QED) is 0.775. The maximum Gasteiger partial charge on any atom is 0.230 e. The van der Waals surface area contributed by atoms with Gasteiger partial charge in [-0.1, -0.05) is 29.8 Å². The summed E-state index contributed by atoms with van der Waals surface area (Å²) < 4.78 is 18.5. The number of benzene rings is 2. The zero-order valence-corrected chi connectivity index (χ0v) is 12.7. The van der Waals surface area contributed by atoms with Gasteiger partial charge < -0.3 is 9.73 Å². The molecule has 0 bridgehead atoms. The number of anilines is 1. The first-order valence-corrected chi connectivity index (χ1v) is 7.24. The van der Waals surface area contributed by atoms with Crippen LogP contribution < -0.4 is 5.32 Å². The van der Waals surface area contributed by atoms with Crippen LogP contribution in [0, 0.1) is 5.82 Å². The summed E-state index contributed by atoms with van der Waals surface area (Å²) in [5.74, 6) is -0.368. The van der Waals surface area contributed by atoms with Crippen molar-refractivity contribution in [3.63, 3.8) is 0 Å². The molecule has 1 aromatic heterocycles. The van der Waals surface area contributed by atoms with E-state index in [4.69, 9.17) is 16.0 Å². The molecule has 3 aromatic rings. The van der Waals surface area contributed by atoms with E-state index in [2.05, 4.69) is 10.3 Å². The minimum Gasteiger partial charge on any atom is -0.444 e. The van der Waals surface area contributed by atoms with Crippen LogP contribution in [0.3, 0.4) is 0 Å². The SMILES string of the molecule is O=C(Cc1coc(-c2ccccc2)n1)Nc1ccc(F)c(Cl)c1. The van der Waals surface area contributed by atoms with E-state index >= 15 is 0 Å².